The molecule has 4 heteroatoms. The van der Waals surface area contributed by atoms with Crippen LogP contribution in [-0.4, -0.2) is 17.4 Å². The summed E-state index contributed by atoms with van der Waals surface area (Å²) in [5.74, 6) is -0.260. The quantitative estimate of drug-likeness (QED) is 0.609. The third-order valence-corrected chi connectivity index (χ3v) is 3.67. The molecular weight excluding hydrogens is 274 g/mol. The number of nitrogens with one attached hydrogen (secondary N) is 2. The second-order valence-corrected chi connectivity index (χ2v) is 5.28. The lowest BCUT2D eigenvalue weighted by molar-refractivity contribution is -0.118. The minimum atomic E-state index is -0.260. The molecule has 0 aliphatic heterocycles. The van der Waals surface area contributed by atoms with Gasteiger partial charge in [-0.05, 0) is 12.5 Å². The Balaban J connectivity index is 1.93. The molecule has 0 aliphatic rings. The van der Waals surface area contributed by atoms with Crippen molar-refractivity contribution in [3.05, 3.63) is 54.6 Å². The van der Waals surface area contributed by atoms with E-state index in [-0.39, 0.29) is 5.91 Å². The Morgan fingerprint density at radius 1 is 1.05 bits per heavy atom. The summed E-state index contributed by atoms with van der Waals surface area (Å²) in [5, 5.41) is 4.60. The Morgan fingerprint density at radius 3 is 2.55 bits per heavy atom. The molecular formula is C18H19N3O. The summed E-state index contributed by atoms with van der Waals surface area (Å²) < 4.78 is 0. The molecule has 0 bridgehead atoms. The predicted molar refractivity (Wildman–Crippen MR) is 90.7 cm³/mol. The Labute approximate surface area is 129 Å². The summed E-state index contributed by atoms with van der Waals surface area (Å²) >= 11 is 0. The third kappa shape index (κ3) is 2.96. The van der Waals surface area contributed by atoms with Gasteiger partial charge in [-0.15, -0.1) is 0 Å². The topological polar surface area (TPSA) is 70.9 Å². The number of hydrogen-bond donors (Lipinski definition) is 3. The minimum Gasteiger partial charge on any atom is -0.383 e. The lowest BCUT2D eigenvalue weighted by Gasteiger charge is -2.08. The summed E-state index contributed by atoms with van der Waals surface area (Å²) in [5.41, 5.74) is 9.57. The number of aromatic nitrogens is 1. The largest absolute Gasteiger partial charge is 0.383 e. The molecule has 4 N–H and O–H groups in total. The third-order valence-electron chi connectivity index (χ3n) is 3.67. The van der Waals surface area contributed by atoms with E-state index < -0.39 is 0 Å². The van der Waals surface area contributed by atoms with Crippen LogP contribution in [0.4, 0.5) is 5.69 Å². The maximum atomic E-state index is 10.8. The van der Waals surface area contributed by atoms with E-state index in [1.54, 1.807) is 0 Å². The van der Waals surface area contributed by atoms with E-state index in [0.29, 0.717) is 13.0 Å². The molecule has 0 saturated heterocycles. The van der Waals surface area contributed by atoms with Gasteiger partial charge in [0.05, 0.1) is 11.4 Å². The van der Waals surface area contributed by atoms with Crippen LogP contribution in [0.2, 0.25) is 0 Å². The molecule has 0 atom stereocenters. The lowest BCUT2D eigenvalue weighted by Crippen LogP contribution is -2.12. The average molecular weight is 293 g/mol. The molecule has 0 saturated carbocycles. The van der Waals surface area contributed by atoms with Crippen molar-refractivity contribution in [1.29, 1.82) is 0 Å². The molecule has 0 fully saturated rings. The molecule has 0 spiro atoms. The number of amides is 1. The molecule has 0 aliphatic carbocycles. The molecule has 22 heavy (non-hydrogen) atoms. The molecule has 1 heterocycles. The lowest BCUT2D eigenvalue weighted by atomic mass is 10.1. The predicted octanol–water partition coefficient (Wildman–Crippen LogP) is 3.51. The SMILES string of the molecule is NC(=O)CCCNc1c(-c2ccccc2)[nH]c2ccccc12. The van der Waals surface area contributed by atoms with Crippen LogP contribution in [-0.2, 0) is 4.79 Å². The molecule has 112 valence electrons. The fourth-order valence-corrected chi connectivity index (χ4v) is 2.62. The molecule has 1 aromatic heterocycles. The van der Waals surface area contributed by atoms with E-state index in [4.69, 9.17) is 5.73 Å². The summed E-state index contributed by atoms with van der Waals surface area (Å²) in [6.07, 6.45) is 1.12. The number of primary amides is 1. The number of hydrogen-bond acceptors (Lipinski definition) is 2. The summed E-state index contributed by atoms with van der Waals surface area (Å²) in [6, 6.07) is 18.4. The van der Waals surface area contributed by atoms with Gasteiger partial charge in [-0.25, -0.2) is 0 Å². The number of nitrogens with two attached hydrogens (primary N) is 1. The van der Waals surface area contributed by atoms with E-state index in [1.165, 1.54) is 0 Å². The first-order valence-electron chi connectivity index (χ1n) is 7.44. The fourth-order valence-electron chi connectivity index (χ4n) is 2.62. The van der Waals surface area contributed by atoms with Crippen LogP contribution in [0.3, 0.4) is 0 Å². The second-order valence-electron chi connectivity index (χ2n) is 5.28. The zero-order valence-electron chi connectivity index (χ0n) is 12.3. The number of aromatic amines is 1. The zero-order valence-corrected chi connectivity index (χ0v) is 12.3. The van der Waals surface area contributed by atoms with Crippen LogP contribution in [0.1, 0.15) is 12.8 Å². The van der Waals surface area contributed by atoms with Gasteiger partial charge in [0.2, 0.25) is 5.91 Å². The standard InChI is InChI=1S/C18H19N3O/c19-16(22)11-6-12-20-18-14-9-4-5-10-15(14)21-17(18)13-7-2-1-3-8-13/h1-5,7-10,20-21H,6,11-12H2,(H2,19,22). The van der Waals surface area contributed by atoms with Gasteiger partial charge >= 0.3 is 0 Å². The molecule has 0 unspecified atom stereocenters. The maximum absolute atomic E-state index is 10.8. The number of benzene rings is 2. The molecule has 0 radical (unpaired) electrons. The van der Waals surface area contributed by atoms with Crippen molar-refractivity contribution in [2.75, 3.05) is 11.9 Å². The van der Waals surface area contributed by atoms with Gasteiger partial charge in [-0.2, -0.15) is 0 Å². The monoisotopic (exact) mass is 293 g/mol. The molecule has 1 amide bonds. The molecule has 3 rings (SSSR count). The van der Waals surface area contributed by atoms with Crippen LogP contribution in [0.25, 0.3) is 22.2 Å². The average Bonchev–Trinajstić information content (AvgIpc) is 2.91. The molecule has 4 nitrogen and oxygen atoms in total. The van der Waals surface area contributed by atoms with Crippen molar-refractivity contribution in [3.63, 3.8) is 0 Å². The number of rotatable bonds is 6. The van der Waals surface area contributed by atoms with Crippen molar-refractivity contribution in [3.8, 4) is 11.3 Å². The highest BCUT2D eigenvalue weighted by molar-refractivity contribution is 6.01. The van der Waals surface area contributed by atoms with Gasteiger partial charge in [0.15, 0.2) is 0 Å². The van der Waals surface area contributed by atoms with Crippen LogP contribution in [0.5, 0.6) is 0 Å². The number of H-pyrrole nitrogens is 1. The summed E-state index contributed by atoms with van der Waals surface area (Å²) in [6.45, 7) is 0.713. The Hall–Kier alpha value is -2.75. The van der Waals surface area contributed by atoms with Gasteiger partial charge in [-0.3, -0.25) is 4.79 Å². The van der Waals surface area contributed by atoms with Crippen LogP contribution in [0, 0.1) is 0 Å². The number of carbonyl (C=O) groups is 1. The van der Waals surface area contributed by atoms with Gasteiger partial charge in [-0.1, -0.05) is 48.5 Å². The highest BCUT2D eigenvalue weighted by Crippen LogP contribution is 2.34. The normalized spacial score (nSPS) is 10.7. The van der Waals surface area contributed by atoms with E-state index in [0.717, 1.165) is 34.3 Å². The van der Waals surface area contributed by atoms with Crippen molar-refractivity contribution in [2.45, 2.75) is 12.8 Å². The number of carbonyl (C=O) groups excluding carboxylic acids is 1. The van der Waals surface area contributed by atoms with Crippen molar-refractivity contribution >= 4 is 22.5 Å². The Morgan fingerprint density at radius 2 is 1.77 bits per heavy atom. The second kappa shape index (κ2) is 6.35. The number of anilines is 1. The van der Waals surface area contributed by atoms with Crippen LogP contribution < -0.4 is 11.1 Å². The molecule has 2 aromatic carbocycles. The van der Waals surface area contributed by atoms with Gasteiger partial charge < -0.3 is 16.0 Å². The first-order chi connectivity index (χ1) is 10.8. The fraction of sp³-hybridized carbons (Fsp3) is 0.167. The van der Waals surface area contributed by atoms with E-state index in [9.17, 15) is 4.79 Å². The smallest absolute Gasteiger partial charge is 0.217 e. The first-order valence-corrected chi connectivity index (χ1v) is 7.44. The van der Waals surface area contributed by atoms with Crippen LogP contribution in [0.15, 0.2) is 54.6 Å². The van der Waals surface area contributed by atoms with E-state index >= 15 is 0 Å². The summed E-state index contributed by atoms with van der Waals surface area (Å²) in [7, 11) is 0. The van der Waals surface area contributed by atoms with Gasteiger partial charge in [0, 0.05) is 29.4 Å². The van der Waals surface area contributed by atoms with Crippen molar-refractivity contribution in [1.82, 2.24) is 4.98 Å². The number of fused-ring (bicyclic) bond motifs is 1. The first kappa shape index (κ1) is 14.2. The minimum absolute atomic E-state index is 0.260. The van der Waals surface area contributed by atoms with E-state index in [1.807, 2.05) is 30.3 Å². The summed E-state index contributed by atoms with van der Waals surface area (Å²) in [4.78, 5) is 14.3. The van der Waals surface area contributed by atoms with Crippen molar-refractivity contribution < 1.29 is 4.79 Å². The maximum Gasteiger partial charge on any atom is 0.217 e. The number of para-hydroxylation sites is 1. The Kier molecular flexibility index (Phi) is 4.10. The van der Waals surface area contributed by atoms with Crippen molar-refractivity contribution in [2.24, 2.45) is 5.73 Å². The zero-order chi connectivity index (χ0) is 15.4. The highest BCUT2D eigenvalue weighted by Gasteiger charge is 2.12. The molecule has 3 aromatic rings. The van der Waals surface area contributed by atoms with Crippen LogP contribution >= 0.6 is 0 Å². The Bertz CT molecular complexity index is 777. The highest BCUT2D eigenvalue weighted by atomic mass is 16.1. The van der Waals surface area contributed by atoms with Gasteiger partial charge in [0.25, 0.3) is 0 Å². The van der Waals surface area contributed by atoms with E-state index in [2.05, 4.69) is 34.6 Å². The van der Waals surface area contributed by atoms with Gasteiger partial charge in [0.1, 0.15) is 0 Å².